The number of hydrogen-bond acceptors (Lipinski definition) is 8. The molecule has 4 N–H and O–H groups in total. The predicted octanol–water partition coefficient (Wildman–Crippen LogP) is 6.17. The molecule has 1 aliphatic heterocycles. The van der Waals surface area contributed by atoms with Crippen molar-refractivity contribution in [2.45, 2.75) is 58.9 Å². The van der Waals surface area contributed by atoms with Gasteiger partial charge in [0.1, 0.15) is 30.5 Å². The predicted molar refractivity (Wildman–Crippen MR) is 184 cm³/mol. The van der Waals surface area contributed by atoms with E-state index in [1.807, 2.05) is 63.2 Å². The summed E-state index contributed by atoms with van der Waals surface area (Å²) in [6.45, 7) is 9.74. The van der Waals surface area contributed by atoms with E-state index in [9.17, 15) is 15.3 Å². The molecule has 1 heterocycles. The second kappa shape index (κ2) is 17.9. The van der Waals surface area contributed by atoms with Crippen LogP contribution in [-0.2, 0) is 13.2 Å². The number of rotatable bonds is 17. The number of hydrogen-bond donors (Lipinski definition) is 4. The molecule has 46 heavy (non-hydrogen) atoms. The lowest BCUT2D eigenvalue weighted by Gasteiger charge is -2.19. The van der Waals surface area contributed by atoms with E-state index >= 15 is 0 Å². The molecule has 0 aliphatic carbocycles. The highest BCUT2D eigenvalue weighted by Crippen LogP contribution is 2.38. The van der Waals surface area contributed by atoms with Crippen LogP contribution in [0.2, 0.25) is 10.0 Å². The van der Waals surface area contributed by atoms with E-state index in [2.05, 4.69) is 10.2 Å². The topological polar surface area (TPSA) is 104 Å². The van der Waals surface area contributed by atoms with Gasteiger partial charge in [0, 0.05) is 48.9 Å². The maximum absolute atomic E-state index is 9.75. The summed E-state index contributed by atoms with van der Waals surface area (Å²) in [5.41, 5.74) is 5.60. The number of aliphatic hydroxyl groups is 3. The normalized spacial score (nSPS) is 14.9. The molecule has 0 radical (unpaired) electrons. The van der Waals surface area contributed by atoms with Crippen molar-refractivity contribution in [3.8, 4) is 28.4 Å². The zero-order valence-corrected chi connectivity index (χ0v) is 28.4. The second-order valence-electron chi connectivity index (χ2n) is 11.9. The summed E-state index contributed by atoms with van der Waals surface area (Å²) in [6, 6.07) is 15.0. The number of halogens is 2. The van der Waals surface area contributed by atoms with Crippen LogP contribution in [0.4, 0.5) is 0 Å². The highest BCUT2D eigenvalue weighted by Gasteiger charge is 2.20. The molecule has 0 spiro atoms. The van der Waals surface area contributed by atoms with Crippen LogP contribution in [0.15, 0.2) is 60.2 Å². The molecule has 250 valence electrons. The zero-order valence-electron chi connectivity index (χ0n) is 26.9. The molecule has 0 bridgehead atoms. The SMILES string of the molecule is CC(C)=CCOc1cc(OCc2cccc(-c3cccc(OCCCN4CC[C@@H](O)C4)c3C)c2Cl)c(Cl)cc1CNC(CO)CO. The summed E-state index contributed by atoms with van der Waals surface area (Å²) in [6.07, 6.45) is 3.50. The Morgan fingerprint density at radius 2 is 1.74 bits per heavy atom. The van der Waals surface area contributed by atoms with Gasteiger partial charge in [-0.25, -0.2) is 0 Å². The molecule has 1 saturated heterocycles. The van der Waals surface area contributed by atoms with Crippen molar-refractivity contribution in [3.63, 3.8) is 0 Å². The van der Waals surface area contributed by atoms with Gasteiger partial charge >= 0.3 is 0 Å². The number of aliphatic hydroxyl groups excluding tert-OH is 3. The van der Waals surface area contributed by atoms with Crippen LogP contribution < -0.4 is 19.5 Å². The van der Waals surface area contributed by atoms with Gasteiger partial charge in [-0.15, -0.1) is 0 Å². The maximum Gasteiger partial charge on any atom is 0.142 e. The molecule has 4 rings (SSSR count). The molecule has 0 saturated carbocycles. The Hall–Kier alpha value is -2.82. The highest BCUT2D eigenvalue weighted by molar-refractivity contribution is 6.34. The van der Waals surface area contributed by atoms with Gasteiger partial charge in [0.05, 0.1) is 42.0 Å². The zero-order chi connectivity index (χ0) is 33.1. The van der Waals surface area contributed by atoms with Crippen molar-refractivity contribution in [1.82, 2.24) is 10.2 Å². The Kier molecular flexibility index (Phi) is 14.0. The average Bonchev–Trinajstić information content (AvgIpc) is 3.46. The first-order valence-corrected chi connectivity index (χ1v) is 16.5. The van der Waals surface area contributed by atoms with Crippen molar-refractivity contribution in [2.24, 2.45) is 0 Å². The van der Waals surface area contributed by atoms with E-state index in [0.29, 0.717) is 41.3 Å². The summed E-state index contributed by atoms with van der Waals surface area (Å²) in [5.74, 6) is 1.86. The second-order valence-corrected chi connectivity index (χ2v) is 12.7. The molecular weight excluding hydrogens is 627 g/mol. The quantitative estimate of drug-likeness (QED) is 0.0997. The van der Waals surface area contributed by atoms with Gasteiger partial charge in [0.15, 0.2) is 0 Å². The first kappa shape index (κ1) is 36.0. The van der Waals surface area contributed by atoms with Gasteiger partial charge in [-0.05, 0) is 62.9 Å². The summed E-state index contributed by atoms with van der Waals surface area (Å²) >= 11 is 13.6. The van der Waals surface area contributed by atoms with E-state index in [4.69, 9.17) is 37.4 Å². The molecule has 1 fully saturated rings. The van der Waals surface area contributed by atoms with Crippen LogP contribution in [0.3, 0.4) is 0 Å². The van der Waals surface area contributed by atoms with Crippen molar-refractivity contribution >= 4 is 23.2 Å². The van der Waals surface area contributed by atoms with Gasteiger partial charge in [-0.1, -0.05) is 59.1 Å². The standard InChI is InChI=1S/C36H46Cl2N2O6/c1-24(2)12-16-45-34-18-35(32(37)17-27(34)19-39-28(21-41)22-42)46-23-26-7-4-9-31(36(26)38)30-8-5-10-33(25(30)3)44-15-6-13-40-14-11-29(43)20-40/h4-5,7-10,12,17-18,28-29,39,41-43H,6,11,13-16,19-23H2,1-3H3/t29-/m1/s1. The Balaban J connectivity index is 1.46. The lowest BCUT2D eigenvalue weighted by molar-refractivity contribution is 0.170. The van der Waals surface area contributed by atoms with Gasteiger partial charge in [0.2, 0.25) is 0 Å². The largest absolute Gasteiger partial charge is 0.493 e. The van der Waals surface area contributed by atoms with Crippen molar-refractivity contribution in [3.05, 3.63) is 86.9 Å². The molecular formula is C36H46Cl2N2O6. The summed E-state index contributed by atoms with van der Waals surface area (Å²) in [7, 11) is 0. The van der Waals surface area contributed by atoms with Crippen LogP contribution in [0, 0.1) is 6.92 Å². The minimum Gasteiger partial charge on any atom is -0.493 e. The van der Waals surface area contributed by atoms with E-state index in [0.717, 1.165) is 71.6 Å². The van der Waals surface area contributed by atoms with Crippen LogP contribution >= 0.6 is 23.2 Å². The Bertz CT molecular complexity index is 1460. The molecule has 8 nitrogen and oxygen atoms in total. The fourth-order valence-corrected chi connectivity index (χ4v) is 5.82. The van der Waals surface area contributed by atoms with Gasteiger partial charge in [-0.3, -0.25) is 0 Å². The smallest absolute Gasteiger partial charge is 0.142 e. The average molecular weight is 674 g/mol. The van der Waals surface area contributed by atoms with Gasteiger partial charge in [0.25, 0.3) is 0 Å². The molecule has 3 aromatic carbocycles. The van der Waals surface area contributed by atoms with Crippen LogP contribution in [-0.4, -0.2) is 78.4 Å². The first-order chi connectivity index (χ1) is 22.2. The summed E-state index contributed by atoms with van der Waals surface area (Å²) < 4.78 is 18.4. The third-order valence-corrected chi connectivity index (χ3v) is 8.77. The molecule has 0 aromatic heterocycles. The van der Waals surface area contributed by atoms with E-state index in [1.54, 1.807) is 12.1 Å². The van der Waals surface area contributed by atoms with Crippen LogP contribution in [0.25, 0.3) is 11.1 Å². The Morgan fingerprint density at radius 1 is 0.978 bits per heavy atom. The van der Waals surface area contributed by atoms with Gasteiger partial charge in [-0.2, -0.15) is 0 Å². The van der Waals surface area contributed by atoms with Crippen molar-refractivity contribution in [2.75, 3.05) is 46.1 Å². The lowest BCUT2D eigenvalue weighted by atomic mass is 9.98. The van der Waals surface area contributed by atoms with Crippen LogP contribution in [0.1, 0.15) is 43.4 Å². The number of nitrogens with one attached hydrogen (secondary N) is 1. The maximum atomic E-state index is 9.75. The summed E-state index contributed by atoms with van der Waals surface area (Å²) in [4.78, 5) is 2.27. The number of ether oxygens (including phenoxy) is 3. The van der Waals surface area contributed by atoms with Crippen molar-refractivity contribution in [1.29, 1.82) is 0 Å². The third kappa shape index (κ3) is 10.1. The number of benzene rings is 3. The molecule has 0 amide bonds. The number of allylic oxidation sites excluding steroid dienone is 1. The minimum absolute atomic E-state index is 0.189. The summed E-state index contributed by atoms with van der Waals surface area (Å²) in [5, 5.41) is 32.8. The Labute approximate surface area is 282 Å². The monoisotopic (exact) mass is 672 g/mol. The minimum atomic E-state index is -0.457. The number of likely N-dealkylation sites (tertiary alicyclic amines) is 1. The molecule has 0 unspecified atom stereocenters. The highest BCUT2D eigenvalue weighted by atomic mass is 35.5. The molecule has 1 aliphatic rings. The third-order valence-electron chi connectivity index (χ3n) is 8.03. The number of nitrogens with zero attached hydrogens (tertiary/aromatic N) is 1. The van der Waals surface area contributed by atoms with E-state index < -0.39 is 6.04 Å². The fourth-order valence-electron chi connectivity index (χ4n) is 5.30. The Morgan fingerprint density at radius 3 is 2.46 bits per heavy atom. The van der Waals surface area contributed by atoms with Gasteiger partial charge < -0.3 is 39.7 Å². The van der Waals surface area contributed by atoms with E-state index in [1.165, 1.54) is 0 Å². The lowest BCUT2D eigenvalue weighted by Crippen LogP contribution is -2.35. The molecule has 3 aromatic rings. The van der Waals surface area contributed by atoms with E-state index in [-0.39, 0.29) is 25.9 Å². The fraction of sp³-hybridized carbons (Fsp3) is 0.444. The first-order valence-electron chi connectivity index (χ1n) is 15.8. The van der Waals surface area contributed by atoms with Crippen molar-refractivity contribution < 1.29 is 29.5 Å². The number of β-amino-alcohol motifs (C(OH)–C–C–N with tert-alkyl or cyclic N) is 1. The molecule has 1 atom stereocenters. The molecule has 10 heteroatoms. The van der Waals surface area contributed by atoms with Crippen LogP contribution in [0.5, 0.6) is 17.2 Å².